The van der Waals surface area contributed by atoms with Gasteiger partial charge in [-0.2, -0.15) is 0 Å². The van der Waals surface area contributed by atoms with Crippen molar-refractivity contribution in [3.63, 3.8) is 0 Å². The zero-order chi connectivity index (χ0) is 19.8. The monoisotopic (exact) mass is 434 g/mol. The number of nitrogens with one attached hydrogen (secondary N) is 2. The van der Waals surface area contributed by atoms with Gasteiger partial charge in [0.15, 0.2) is 5.13 Å². The van der Waals surface area contributed by atoms with Crippen LogP contribution in [0.4, 0.5) is 5.13 Å². The first-order chi connectivity index (χ1) is 13.4. The quantitative estimate of drug-likeness (QED) is 0.628. The van der Waals surface area contributed by atoms with Gasteiger partial charge in [0.2, 0.25) is 5.91 Å². The molecule has 0 saturated carbocycles. The Hall–Kier alpha value is -1.71. The molecular weight excluding hydrogens is 412 g/mol. The van der Waals surface area contributed by atoms with Crippen molar-refractivity contribution >= 4 is 55.7 Å². The van der Waals surface area contributed by atoms with Gasteiger partial charge < -0.3 is 10.3 Å². The predicted octanol–water partition coefficient (Wildman–Crippen LogP) is 4.20. The first-order valence-corrected chi connectivity index (χ1v) is 12.0. The lowest BCUT2D eigenvalue weighted by Gasteiger charge is -2.10. The SMILES string of the molecule is Cc1sc2nc(CSC(C)C(=O)Nc3nc4c(s3)CCCC4)[nH]c(=O)c2c1C. The zero-order valence-electron chi connectivity index (χ0n) is 16.0. The van der Waals surface area contributed by atoms with Crippen LogP contribution in [0.15, 0.2) is 4.79 Å². The number of thioether (sulfide) groups is 1. The molecule has 1 atom stereocenters. The number of carbonyl (C=O) groups excluding carboxylic acids is 1. The van der Waals surface area contributed by atoms with Crippen LogP contribution < -0.4 is 10.9 Å². The maximum atomic E-state index is 12.5. The molecule has 0 saturated heterocycles. The lowest BCUT2D eigenvalue weighted by atomic mass is 10.0. The summed E-state index contributed by atoms with van der Waals surface area (Å²) in [4.78, 5) is 40.1. The number of carbonyl (C=O) groups is 1. The molecule has 0 bridgehead atoms. The molecule has 0 aromatic carbocycles. The molecule has 6 nitrogen and oxygen atoms in total. The van der Waals surface area contributed by atoms with Crippen LogP contribution in [-0.2, 0) is 23.4 Å². The summed E-state index contributed by atoms with van der Waals surface area (Å²) in [5.41, 5.74) is 2.03. The molecule has 1 amide bonds. The molecule has 148 valence electrons. The Kier molecular flexibility index (Phi) is 5.57. The van der Waals surface area contributed by atoms with Crippen molar-refractivity contribution in [2.45, 2.75) is 57.5 Å². The van der Waals surface area contributed by atoms with Gasteiger partial charge in [-0.3, -0.25) is 9.59 Å². The molecule has 4 rings (SSSR count). The summed E-state index contributed by atoms with van der Waals surface area (Å²) in [6.07, 6.45) is 4.45. The van der Waals surface area contributed by atoms with Crippen molar-refractivity contribution in [2.75, 3.05) is 5.32 Å². The average Bonchev–Trinajstić information content (AvgIpc) is 3.19. The lowest BCUT2D eigenvalue weighted by Crippen LogP contribution is -2.23. The maximum Gasteiger partial charge on any atom is 0.259 e. The lowest BCUT2D eigenvalue weighted by molar-refractivity contribution is -0.115. The summed E-state index contributed by atoms with van der Waals surface area (Å²) in [6, 6.07) is 0. The van der Waals surface area contributed by atoms with Gasteiger partial charge in [0, 0.05) is 9.75 Å². The number of amides is 1. The standard InChI is InChI=1S/C19H22N4O2S3/c1-9-10(2)27-18-15(9)17(25)21-14(22-18)8-26-11(3)16(24)23-19-20-12-6-4-5-7-13(12)28-19/h11H,4-8H2,1-3H3,(H,20,23,24)(H,21,22,25). The number of rotatable bonds is 5. The fourth-order valence-electron chi connectivity index (χ4n) is 3.26. The minimum Gasteiger partial charge on any atom is -0.309 e. The fraction of sp³-hybridized carbons (Fsp3) is 0.474. The first kappa shape index (κ1) is 19.6. The van der Waals surface area contributed by atoms with Gasteiger partial charge in [-0.25, -0.2) is 9.97 Å². The Morgan fingerprint density at radius 3 is 2.82 bits per heavy atom. The van der Waals surface area contributed by atoms with Crippen LogP contribution in [0.25, 0.3) is 10.2 Å². The molecule has 0 radical (unpaired) electrons. The van der Waals surface area contributed by atoms with Crippen molar-refractivity contribution in [1.29, 1.82) is 0 Å². The summed E-state index contributed by atoms with van der Waals surface area (Å²) in [5, 5.41) is 4.05. The van der Waals surface area contributed by atoms with E-state index in [0.717, 1.165) is 33.8 Å². The Morgan fingerprint density at radius 2 is 2.04 bits per heavy atom. The van der Waals surface area contributed by atoms with E-state index >= 15 is 0 Å². The molecule has 1 aliphatic rings. The summed E-state index contributed by atoms with van der Waals surface area (Å²) in [6.45, 7) is 5.81. The highest BCUT2D eigenvalue weighted by Crippen LogP contribution is 2.30. The van der Waals surface area contributed by atoms with Crippen LogP contribution in [0.5, 0.6) is 0 Å². The van der Waals surface area contributed by atoms with E-state index in [1.807, 2.05) is 20.8 Å². The van der Waals surface area contributed by atoms with E-state index < -0.39 is 0 Å². The smallest absolute Gasteiger partial charge is 0.259 e. The molecule has 1 unspecified atom stereocenters. The maximum absolute atomic E-state index is 12.5. The van der Waals surface area contributed by atoms with Gasteiger partial charge in [0.05, 0.1) is 22.1 Å². The predicted molar refractivity (Wildman–Crippen MR) is 118 cm³/mol. The summed E-state index contributed by atoms with van der Waals surface area (Å²) >= 11 is 4.58. The highest BCUT2D eigenvalue weighted by Gasteiger charge is 2.20. The summed E-state index contributed by atoms with van der Waals surface area (Å²) < 4.78 is 0. The molecule has 0 spiro atoms. The largest absolute Gasteiger partial charge is 0.309 e. The third-order valence-corrected chi connectivity index (χ3v) is 8.33. The van der Waals surface area contributed by atoms with Gasteiger partial charge in [0.1, 0.15) is 10.7 Å². The minimum absolute atomic E-state index is 0.0673. The van der Waals surface area contributed by atoms with Crippen molar-refractivity contribution in [2.24, 2.45) is 0 Å². The molecule has 1 aliphatic carbocycles. The number of anilines is 1. The third kappa shape index (κ3) is 3.88. The molecule has 0 aliphatic heterocycles. The van der Waals surface area contributed by atoms with Crippen molar-refractivity contribution in [3.8, 4) is 0 Å². The van der Waals surface area contributed by atoms with Gasteiger partial charge in [0.25, 0.3) is 5.56 Å². The van der Waals surface area contributed by atoms with Crippen LogP contribution in [0.3, 0.4) is 0 Å². The Bertz CT molecular complexity index is 1080. The number of nitrogens with zero attached hydrogens (tertiary/aromatic N) is 2. The highest BCUT2D eigenvalue weighted by molar-refractivity contribution is 7.99. The number of thiophene rings is 1. The van der Waals surface area contributed by atoms with Crippen molar-refractivity contribution in [1.82, 2.24) is 15.0 Å². The van der Waals surface area contributed by atoms with Crippen molar-refractivity contribution < 1.29 is 4.79 Å². The minimum atomic E-state index is -0.270. The number of aromatic amines is 1. The number of aryl methyl sites for hydroxylation is 4. The van der Waals surface area contributed by atoms with Gasteiger partial charge >= 0.3 is 0 Å². The normalized spacial score (nSPS) is 14.8. The highest BCUT2D eigenvalue weighted by atomic mass is 32.2. The second-order valence-corrected chi connectivity index (χ2v) is 10.6. The number of thiazole rings is 1. The van der Waals surface area contributed by atoms with E-state index in [4.69, 9.17) is 0 Å². The van der Waals surface area contributed by atoms with Crippen LogP contribution >= 0.6 is 34.4 Å². The molecular formula is C19H22N4O2S3. The number of hydrogen-bond acceptors (Lipinski definition) is 7. The van der Waals surface area contributed by atoms with E-state index in [2.05, 4.69) is 20.3 Å². The van der Waals surface area contributed by atoms with E-state index in [9.17, 15) is 9.59 Å². The average molecular weight is 435 g/mol. The van der Waals surface area contributed by atoms with Gasteiger partial charge in [-0.05, 0) is 52.0 Å². The fourth-order valence-corrected chi connectivity index (χ4v) is 6.12. The summed E-state index contributed by atoms with van der Waals surface area (Å²) in [7, 11) is 0. The van der Waals surface area contributed by atoms with E-state index in [-0.39, 0.29) is 16.7 Å². The Balaban J connectivity index is 1.40. The number of fused-ring (bicyclic) bond motifs is 2. The first-order valence-electron chi connectivity index (χ1n) is 9.32. The van der Waals surface area contributed by atoms with Crippen LogP contribution in [0, 0.1) is 13.8 Å². The molecule has 3 aromatic rings. The van der Waals surface area contributed by atoms with E-state index in [1.165, 1.54) is 40.8 Å². The molecule has 0 fully saturated rings. The van der Waals surface area contributed by atoms with Crippen LogP contribution in [-0.4, -0.2) is 26.1 Å². The van der Waals surface area contributed by atoms with E-state index in [0.29, 0.717) is 22.1 Å². The second-order valence-electron chi connectivity index (χ2n) is 7.01. The summed E-state index contributed by atoms with van der Waals surface area (Å²) in [5.74, 6) is 1.01. The molecule has 28 heavy (non-hydrogen) atoms. The number of H-pyrrole nitrogens is 1. The molecule has 2 N–H and O–H groups in total. The van der Waals surface area contributed by atoms with E-state index in [1.54, 1.807) is 11.3 Å². The van der Waals surface area contributed by atoms with Crippen LogP contribution in [0.2, 0.25) is 0 Å². The number of aromatic nitrogens is 3. The zero-order valence-corrected chi connectivity index (χ0v) is 18.5. The number of hydrogen-bond donors (Lipinski definition) is 2. The molecule has 3 aromatic heterocycles. The second kappa shape index (κ2) is 7.96. The molecule has 9 heteroatoms. The Labute approximate surface area is 175 Å². The van der Waals surface area contributed by atoms with Crippen LogP contribution in [0.1, 0.15) is 46.6 Å². The molecule has 3 heterocycles. The topological polar surface area (TPSA) is 87.7 Å². The third-order valence-electron chi connectivity index (χ3n) is 5.00. The van der Waals surface area contributed by atoms with Gasteiger partial charge in [-0.15, -0.1) is 34.4 Å². The van der Waals surface area contributed by atoms with Crippen molar-refractivity contribution in [3.05, 3.63) is 37.2 Å². The Morgan fingerprint density at radius 1 is 1.25 bits per heavy atom. The van der Waals surface area contributed by atoms with Gasteiger partial charge in [-0.1, -0.05) is 0 Å².